The van der Waals surface area contributed by atoms with Gasteiger partial charge in [-0.1, -0.05) is 23.7 Å². The number of benzene rings is 1. The van der Waals surface area contributed by atoms with Crippen LogP contribution in [-0.2, 0) is 14.9 Å². The molecule has 4 nitrogen and oxygen atoms in total. The zero-order chi connectivity index (χ0) is 14.9. The van der Waals surface area contributed by atoms with E-state index in [1.54, 1.807) is 0 Å². The van der Waals surface area contributed by atoms with E-state index in [0.29, 0.717) is 37.6 Å². The predicted molar refractivity (Wildman–Crippen MR) is 89.6 cm³/mol. The minimum Gasteiger partial charge on any atom is -0.381 e. The monoisotopic (exact) mass is 344 g/mol. The molecule has 2 N–H and O–H groups in total. The Hall–Kier alpha value is -0.810. The topological polar surface area (TPSA) is 55.6 Å². The van der Waals surface area contributed by atoms with Crippen LogP contribution in [0, 0.1) is 0 Å². The maximum absolute atomic E-state index is 13.2. The number of hydrogen-bond donors (Lipinski definition) is 1. The van der Waals surface area contributed by atoms with E-state index in [0.717, 1.165) is 18.5 Å². The molecule has 3 rings (SSSR count). The Kier molecular flexibility index (Phi) is 5.72. The Balaban J connectivity index is 0.00000176. The molecule has 122 valence electrons. The van der Waals surface area contributed by atoms with E-state index < -0.39 is 5.41 Å². The van der Waals surface area contributed by atoms with Crippen LogP contribution in [0.4, 0.5) is 0 Å². The van der Waals surface area contributed by atoms with E-state index in [1.807, 2.05) is 29.2 Å². The number of ether oxygens (including phenoxy) is 1. The molecule has 0 aliphatic carbocycles. The second-order valence-electron chi connectivity index (χ2n) is 6.00. The van der Waals surface area contributed by atoms with E-state index >= 15 is 0 Å². The summed E-state index contributed by atoms with van der Waals surface area (Å²) in [6.45, 7) is 2.63. The molecule has 2 saturated heterocycles. The highest BCUT2D eigenvalue weighted by molar-refractivity contribution is 6.30. The van der Waals surface area contributed by atoms with Crippen molar-refractivity contribution in [3.05, 3.63) is 34.9 Å². The van der Waals surface area contributed by atoms with Crippen LogP contribution < -0.4 is 5.73 Å². The molecule has 2 aliphatic heterocycles. The molecular formula is C16H22Cl2N2O2. The van der Waals surface area contributed by atoms with Crippen molar-refractivity contribution in [2.45, 2.75) is 30.7 Å². The van der Waals surface area contributed by atoms with Gasteiger partial charge in [-0.25, -0.2) is 0 Å². The first-order chi connectivity index (χ1) is 10.1. The fourth-order valence-corrected chi connectivity index (χ4v) is 3.60. The summed E-state index contributed by atoms with van der Waals surface area (Å²) in [5.74, 6) is 0.181. The first kappa shape index (κ1) is 17.5. The molecule has 1 aromatic carbocycles. The highest BCUT2D eigenvalue weighted by Crippen LogP contribution is 2.38. The van der Waals surface area contributed by atoms with Gasteiger partial charge >= 0.3 is 0 Å². The Morgan fingerprint density at radius 2 is 2.09 bits per heavy atom. The normalized spacial score (nSPS) is 23.9. The van der Waals surface area contributed by atoms with Crippen molar-refractivity contribution in [3.63, 3.8) is 0 Å². The van der Waals surface area contributed by atoms with Crippen molar-refractivity contribution in [2.75, 3.05) is 26.3 Å². The van der Waals surface area contributed by atoms with Gasteiger partial charge in [0.25, 0.3) is 0 Å². The zero-order valence-electron chi connectivity index (χ0n) is 12.5. The van der Waals surface area contributed by atoms with Gasteiger partial charge in [-0.15, -0.1) is 12.4 Å². The molecule has 1 unspecified atom stereocenters. The van der Waals surface area contributed by atoms with Gasteiger partial charge in [-0.2, -0.15) is 0 Å². The van der Waals surface area contributed by atoms with Gasteiger partial charge in [0.15, 0.2) is 0 Å². The van der Waals surface area contributed by atoms with Crippen LogP contribution in [0.1, 0.15) is 24.8 Å². The lowest BCUT2D eigenvalue weighted by Crippen LogP contribution is -2.49. The summed E-state index contributed by atoms with van der Waals surface area (Å²) in [4.78, 5) is 15.1. The molecule has 0 saturated carbocycles. The van der Waals surface area contributed by atoms with E-state index in [2.05, 4.69) is 0 Å². The van der Waals surface area contributed by atoms with E-state index in [4.69, 9.17) is 22.1 Å². The van der Waals surface area contributed by atoms with Crippen LogP contribution >= 0.6 is 24.0 Å². The Bertz CT molecular complexity index is 533. The van der Waals surface area contributed by atoms with Gasteiger partial charge < -0.3 is 15.4 Å². The zero-order valence-corrected chi connectivity index (χ0v) is 14.0. The van der Waals surface area contributed by atoms with Gasteiger partial charge in [-0.05, 0) is 37.0 Å². The molecule has 0 aromatic heterocycles. The quantitative estimate of drug-likeness (QED) is 0.895. The summed E-state index contributed by atoms with van der Waals surface area (Å²) in [7, 11) is 0. The molecule has 1 amide bonds. The SMILES string of the molecule is Cl.NC1CCN(C(=O)C2(c3cccc(Cl)c3)CCOCC2)C1. The molecule has 22 heavy (non-hydrogen) atoms. The molecular weight excluding hydrogens is 323 g/mol. The maximum atomic E-state index is 13.2. The summed E-state index contributed by atoms with van der Waals surface area (Å²) >= 11 is 6.14. The highest BCUT2D eigenvalue weighted by atomic mass is 35.5. The van der Waals surface area contributed by atoms with Crippen LogP contribution in [-0.4, -0.2) is 43.2 Å². The Morgan fingerprint density at radius 3 is 2.68 bits per heavy atom. The second kappa shape index (κ2) is 7.18. The molecule has 1 atom stereocenters. The highest BCUT2D eigenvalue weighted by Gasteiger charge is 2.45. The number of halogens is 2. The number of carbonyl (C=O) groups is 1. The van der Waals surface area contributed by atoms with Crippen LogP contribution in [0.3, 0.4) is 0 Å². The van der Waals surface area contributed by atoms with Gasteiger partial charge in [0.2, 0.25) is 5.91 Å². The molecule has 2 aliphatic rings. The molecule has 0 radical (unpaired) electrons. The van der Waals surface area contributed by atoms with Crippen molar-refractivity contribution in [3.8, 4) is 0 Å². The first-order valence-corrected chi connectivity index (χ1v) is 7.88. The largest absolute Gasteiger partial charge is 0.381 e. The van der Waals surface area contributed by atoms with Gasteiger partial charge in [0.05, 0.1) is 5.41 Å². The number of nitrogens with two attached hydrogens (primary N) is 1. The van der Waals surface area contributed by atoms with Crippen LogP contribution in [0.5, 0.6) is 0 Å². The fraction of sp³-hybridized carbons (Fsp3) is 0.562. The number of carbonyl (C=O) groups excluding carboxylic acids is 1. The van der Waals surface area contributed by atoms with Crippen molar-refractivity contribution >= 4 is 29.9 Å². The summed E-state index contributed by atoms with van der Waals surface area (Å²) in [6.07, 6.45) is 2.30. The number of amides is 1. The van der Waals surface area contributed by atoms with Crippen molar-refractivity contribution in [2.24, 2.45) is 5.73 Å². The number of rotatable bonds is 2. The van der Waals surface area contributed by atoms with Crippen LogP contribution in [0.2, 0.25) is 5.02 Å². The maximum Gasteiger partial charge on any atom is 0.233 e. The average molecular weight is 345 g/mol. The van der Waals surface area contributed by atoms with E-state index in [-0.39, 0.29) is 24.4 Å². The number of likely N-dealkylation sites (tertiary alicyclic amines) is 1. The third kappa shape index (κ3) is 3.25. The lowest BCUT2D eigenvalue weighted by Gasteiger charge is -2.39. The third-order valence-electron chi connectivity index (χ3n) is 4.64. The molecule has 0 spiro atoms. The summed E-state index contributed by atoms with van der Waals surface area (Å²) in [6, 6.07) is 7.78. The van der Waals surface area contributed by atoms with E-state index in [9.17, 15) is 4.79 Å². The van der Waals surface area contributed by atoms with Crippen molar-refractivity contribution in [1.29, 1.82) is 0 Å². The average Bonchev–Trinajstić information content (AvgIpc) is 2.94. The fourth-order valence-electron chi connectivity index (χ4n) is 3.41. The molecule has 2 fully saturated rings. The van der Waals surface area contributed by atoms with Gasteiger partial charge in [-0.3, -0.25) is 4.79 Å². The molecule has 2 heterocycles. The van der Waals surface area contributed by atoms with E-state index in [1.165, 1.54) is 0 Å². The number of nitrogens with zero attached hydrogens (tertiary/aromatic N) is 1. The number of hydrogen-bond acceptors (Lipinski definition) is 3. The van der Waals surface area contributed by atoms with Crippen molar-refractivity contribution in [1.82, 2.24) is 4.90 Å². The lowest BCUT2D eigenvalue weighted by molar-refractivity contribution is -0.140. The van der Waals surface area contributed by atoms with Gasteiger partial charge in [0, 0.05) is 37.4 Å². The smallest absolute Gasteiger partial charge is 0.233 e. The lowest BCUT2D eigenvalue weighted by atomic mass is 9.73. The second-order valence-corrected chi connectivity index (χ2v) is 6.44. The standard InChI is InChI=1S/C16H21ClN2O2.ClH/c17-13-3-1-2-12(10-13)16(5-8-21-9-6-16)15(20)19-7-4-14(18)11-19;/h1-3,10,14H,4-9,11,18H2;1H. The predicted octanol–water partition coefficient (Wildman–Crippen LogP) is 2.37. The Labute approximate surface area is 142 Å². The summed E-state index contributed by atoms with van der Waals surface area (Å²) in [5.41, 5.74) is 6.46. The third-order valence-corrected chi connectivity index (χ3v) is 4.88. The summed E-state index contributed by atoms with van der Waals surface area (Å²) < 4.78 is 5.48. The van der Waals surface area contributed by atoms with Gasteiger partial charge in [0.1, 0.15) is 0 Å². The first-order valence-electron chi connectivity index (χ1n) is 7.50. The van der Waals surface area contributed by atoms with Crippen molar-refractivity contribution < 1.29 is 9.53 Å². The summed E-state index contributed by atoms with van der Waals surface area (Å²) in [5, 5.41) is 0.671. The minimum atomic E-state index is -0.507. The molecule has 0 bridgehead atoms. The minimum absolute atomic E-state index is 0. The Morgan fingerprint density at radius 1 is 1.36 bits per heavy atom. The van der Waals surface area contributed by atoms with Crippen LogP contribution in [0.15, 0.2) is 24.3 Å². The molecule has 6 heteroatoms. The molecule has 1 aromatic rings. The van der Waals surface area contributed by atoms with Crippen LogP contribution in [0.25, 0.3) is 0 Å².